The van der Waals surface area contributed by atoms with Gasteiger partial charge in [-0.3, -0.25) is 9.59 Å². The van der Waals surface area contributed by atoms with E-state index < -0.39 is 0 Å². The van der Waals surface area contributed by atoms with E-state index in [0.29, 0.717) is 75.0 Å². The van der Waals surface area contributed by atoms with Crippen molar-refractivity contribution in [3.05, 3.63) is 11.2 Å². The number of carbonyl (C=O) groups is 3. The largest absolute Gasteiger partial charge is 0.450 e. The fourth-order valence-electron chi connectivity index (χ4n) is 4.08. The van der Waals surface area contributed by atoms with Crippen LogP contribution in [0.15, 0.2) is 11.2 Å². The number of halogens is 1. The van der Waals surface area contributed by atoms with Crippen LogP contribution in [0.4, 0.5) is 10.6 Å². The number of hydrogen-bond acceptors (Lipinski definition) is 8. The minimum absolute atomic E-state index is 0.0321. The van der Waals surface area contributed by atoms with Gasteiger partial charge in [0.2, 0.25) is 11.8 Å². The minimum Gasteiger partial charge on any atom is -0.450 e. The van der Waals surface area contributed by atoms with Gasteiger partial charge in [-0.25, -0.2) is 14.8 Å². The molecule has 2 fully saturated rings. The Kier molecular flexibility index (Phi) is 9.63. The fraction of sp³-hybridized carbons (Fsp3) is 0.682. The van der Waals surface area contributed by atoms with Gasteiger partial charge in [-0.1, -0.05) is 30.3 Å². The molecule has 0 N–H and O–H groups in total. The lowest BCUT2D eigenvalue weighted by Gasteiger charge is -2.40. The summed E-state index contributed by atoms with van der Waals surface area (Å²) in [5.74, 6) is 1.05. The smallest absolute Gasteiger partial charge is 0.409 e. The standard InChI is InChI=1S/C22H33ClN6O4S/c1-4-6-19(30)29-12-11-28(14-16(29)3)18-13-17(23)24-21(25-18)34-15-20(31)26-7-9-27(10-8-26)22(32)33-5-2/h13,16H,4-12,14-15H2,1-3H3. The first-order valence-corrected chi connectivity index (χ1v) is 13.1. The van der Waals surface area contributed by atoms with Crippen LogP contribution < -0.4 is 4.90 Å². The van der Waals surface area contributed by atoms with Crippen LogP contribution in [0.1, 0.15) is 33.6 Å². The summed E-state index contributed by atoms with van der Waals surface area (Å²) < 4.78 is 5.02. The predicted octanol–water partition coefficient (Wildman–Crippen LogP) is 2.36. The number of ether oxygens (including phenoxy) is 1. The van der Waals surface area contributed by atoms with Crippen LogP contribution in [-0.2, 0) is 14.3 Å². The number of carbonyl (C=O) groups excluding carboxylic acids is 3. The van der Waals surface area contributed by atoms with E-state index in [0.717, 1.165) is 6.42 Å². The summed E-state index contributed by atoms with van der Waals surface area (Å²) in [5.41, 5.74) is 0. The van der Waals surface area contributed by atoms with Crippen molar-refractivity contribution in [3.8, 4) is 0 Å². The molecule has 1 unspecified atom stereocenters. The summed E-state index contributed by atoms with van der Waals surface area (Å²) in [6.07, 6.45) is 1.07. The van der Waals surface area contributed by atoms with Crippen molar-refractivity contribution < 1.29 is 19.1 Å². The number of thioether (sulfide) groups is 1. The molecule has 0 bridgehead atoms. The van der Waals surface area contributed by atoms with E-state index in [9.17, 15) is 14.4 Å². The highest BCUT2D eigenvalue weighted by Gasteiger charge is 2.28. The highest BCUT2D eigenvalue weighted by molar-refractivity contribution is 7.99. The second-order valence-electron chi connectivity index (χ2n) is 8.32. The third-order valence-electron chi connectivity index (χ3n) is 5.88. The number of piperazine rings is 2. The Hall–Kier alpha value is -2.27. The Bertz CT molecular complexity index is 883. The molecule has 1 atom stereocenters. The van der Waals surface area contributed by atoms with E-state index in [1.807, 2.05) is 18.7 Å². The molecule has 0 aromatic carbocycles. The molecular formula is C22H33ClN6O4S. The van der Waals surface area contributed by atoms with E-state index in [4.69, 9.17) is 16.3 Å². The van der Waals surface area contributed by atoms with Gasteiger partial charge in [-0.15, -0.1) is 0 Å². The zero-order valence-electron chi connectivity index (χ0n) is 20.0. The number of aromatic nitrogens is 2. The van der Waals surface area contributed by atoms with Gasteiger partial charge >= 0.3 is 6.09 Å². The molecule has 12 heteroatoms. The average molecular weight is 513 g/mol. The molecule has 188 valence electrons. The number of anilines is 1. The van der Waals surface area contributed by atoms with Crippen LogP contribution >= 0.6 is 23.4 Å². The second kappa shape index (κ2) is 12.4. The number of amides is 3. The topological polar surface area (TPSA) is 99.2 Å². The number of rotatable bonds is 7. The molecule has 0 spiro atoms. The Morgan fingerprint density at radius 2 is 1.76 bits per heavy atom. The second-order valence-corrected chi connectivity index (χ2v) is 9.65. The SMILES string of the molecule is CCCC(=O)N1CCN(c2cc(Cl)nc(SCC(=O)N3CCN(C(=O)OCC)CC3)n2)CC1C. The summed E-state index contributed by atoms with van der Waals surface area (Å²) in [7, 11) is 0. The quantitative estimate of drug-likeness (QED) is 0.312. The van der Waals surface area contributed by atoms with Gasteiger partial charge in [-0.05, 0) is 20.3 Å². The Labute approximate surface area is 209 Å². The Morgan fingerprint density at radius 1 is 1.06 bits per heavy atom. The molecule has 3 amide bonds. The lowest BCUT2D eigenvalue weighted by atomic mass is 10.1. The van der Waals surface area contributed by atoms with Crippen molar-refractivity contribution in [3.63, 3.8) is 0 Å². The average Bonchev–Trinajstić information content (AvgIpc) is 2.82. The van der Waals surface area contributed by atoms with Gasteiger partial charge in [0.05, 0.1) is 12.4 Å². The van der Waals surface area contributed by atoms with E-state index >= 15 is 0 Å². The van der Waals surface area contributed by atoms with Gasteiger partial charge < -0.3 is 24.3 Å². The van der Waals surface area contributed by atoms with E-state index in [-0.39, 0.29) is 29.7 Å². The maximum atomic E-state index is 12.7. The van der Waals surface area contributed by atoms with Crippen molar-refractivity contribution in [2.24, 2.45) is 0 Å². The molecule has 0 saturated carbocycles. The molecule has 3 rings (SSSR count). The predicted molar refractivity (Wildman–Crippen MR) is 131 cm³/mol. The molecule has 2 aliphatic heterocycles. The molecular weight excluding hydrogens is 480 g/mol. The van der Waals surface area contributed by atoms with Crippen LogP contribution in [0, 0.1) is 0 Å². The molecule has 0 radical (unpaired) electrons. The Morgan fingerprint density at radius 3 is 2.41 bits per heavy atom. The Balaban J connectivity index is 1.53. The zero-order chi connectivity index (χ0) is 24.7. The molecule has 3 heterocycles. The van der Waals surface area contributed by atoms with Gasteiger partial charge in [0.25, 0.3) is 0 Å². The monoisotopic (exact) mass is 512 g/mol. The third-order valence-corrected chi connectivity index (χ3v) is 6.91. The molecule has 34 heavy (non-hydrogen) atoms. The molecule has 1 aromatic rings. The van der Waals surface area contributed by atoms with Crippen molar-refractivity contribution in [2.45, 2.75) is 44.8 Å². The maximum absolute atomic E-state index is 12.7. The van der Waals surface area contributed by atoms with Crippen LogP contribution in [-0.4, -0.2) is 107 Å². The molecule has 1 aromatic heterocycles. The van der Waals surface area contributed by atoms with Crippen LogP contribution in [0.5, 0.6) is 0 Å². The zero-order valence-corrected chi connectivity index (χ0v) is 21.6. The summed E-state index contributed by atoms with van der Waals surface area (Å²) in [6.45, 7) is 9.98. The first-order valence-electron chi connectivity index (χ1n) is 11.7. The van der Waals surface area contributed by atoms with E-state index in [2.05, 4.69) is 14.9 Å². The number of hydrogen-bond donors (Lipinski definition) is 0. The third kappa shape index (κ3) is 6.88. The van der Waals surface area contributed by atoms with E-state index in [1.54, 1.807) is 22.8 Å². The first-order chi connectivity index (χ1) is 16.3. The lowest BCUT2D eigenvalue weighted by molar-refractivity contribution is -0.133. The summed E-state index contributed by atoms with van der Waals surface area (Å²) in [5, 5.41) is 0.762. The van der Waals surface area contributed by atoms with Gasteiger partial charge in [-0.2, -0.15) is 0 Å². The van der Waals surface area contributed by atoms with Crippen molar-refractivity contribution in [1.29, 1.82) is 0 Å². The van der Waals surface area contributed by atoms with Crippen LogP contribution in [0.2, 0.25) is 5.15 Å². The van der Waals surface area contributed by atoms with E-state index in [1.165, 1.54) is 11.8 Å². The molecule has 10 nitrogen and oxygen atoms in total. The van der Waals surface area contributed by atoms with Gasteiger partial charge in [0, 0.05) is 64.3 Å². The fourth-order valence-corrected chi connectivity index (χ4v) is 5.06. The highest BCUT2D eigenvalue weighted by atomic mass is 35.5. The first kappa shape index (κ1) is 26.3. The van der Waals surface area contributed by atoms with Crippen LogP contribution in [0.3, 0.4) is 0 Å². The minimum atomic E-state index is -0.339. The maximum Gasteiger partial charge on any atom is 0.409 e. The summed E-state index contributed by atoms with van der Waals surface area (Å²) in [4.78, 5) is 53.1. The molecule has 0 aliphatic carbocycles. The normalized spacial score (nSPS) is 18.8. The van der Waals surface area contributed by atoms with Crippen LogP contribution in [0.25, 0.3) is 0 Å². The number of nitrogens with zero attached hydrogens (tertiary/aromatic N) is 6. The highest BCUT2D eigenvalue weighted by Crippen LogP contribution is 2.24. The lowest BCUT2D eigenvalue weighted by Crippen LogP contribution is -2.54. The summed E-state index contributed by atoms with van der Waals surface area (Å²) in [6, 6.07) is 1.80. The van der Waals surface area contributed by atoms with Crippen molar-refractivity contribution in [2.75, 3.05) is 63.1 Å². The van der Waals surface area contributed by atoms with Crippen molar-refractivity contribution >= 4 is 47.1 Å². The van der Waals surface area contributed by atoms with Gasteiger partial charge in [0.1, 0.15) is 11.0 Å². The van der Waals surface area contributed by atoms with Crippen molar-refractivity contribution in [1.82, 2.24) is 24.7 Å². The summed E-state index contributed by atoms with van der Waals surface area (Å²) >= 11 is 7.51. The molecule has 2 aliphatic rings. The molecule has 2 saturated heterocycles. The van der Waals surface area contributed by atoms with Gasteiger partial charge in [0.15, 0.2) is 5.16 Å².